The number of pyridine rings is 1. The van der Waals surface area contributed by atoms with Gasteiger partial charge in [-0.3, -0.25) is 14.8 Å². The van der Waals surface area contributed by atoms with Gasteiger partial charge in [-0.25, -0.2) is 9.78 Å². The van der Waals surface area contributed by atoms with Crippen LogP contribution in [0.15, 0.2) is 18.5 Å². The Morgan fingerprint density at radius 2 is 1.88 bits per heavy atom. The first-order chi connectivity index (χ1) is 15.6. The van der Waals surface area contributed by atoms with Crippen molar-refractivity contribution in [3.8, 4) is 11.1 Å². The first-order valence-electron chi connectivity index (χ1n) is 11.4. The molecule has 2 fully saturated rings. The fourth-order valence-electron chi connectivity index (χ4n) is 4.83. The van der Waals surface area contributed by atoms with E-state index in [2.05, 4.69) is 39.9 Å². The summed E-state index contributed by atoms with van der Waals surface area (Å²) in [6, 6.07) is 1.33. The molecular formula is C23H29ClN6O3. The van der Waals surface area contributed by atoms with Gasteiger partial charge < -0.3 is 15.7 Å². The van der Waals surface area contributed by atoms with Crippen LogP contribution >= 0.6 is 11.6 Å². The molecule has 0 aromatic carbocycles. The van der Waals surface area contributed by atoms with Gasteiger partial charge in [-0.2, -0.15) is 5.10 Å². The number of anilines is 1. The second kappa shape index (κ2) is 7.99. The van der Waals surface area contributed by atoms with Crippen LogP contribution in [-0.4, -0.2) is 49.5 Å². The number of hydrogen-bond acceptors (Lipinski definition) is 5. The minimum atomic E-state index is -1.17. The van der Waals surface area contributed by atoms with Crippen LogP contribution in [0.25, 0.3) is 11.1 Å². The standard InChI is InChI=1S/C23H29ClN6O3/c1-22(2)9-18-16(10-26-30(18)12-22)15-8-19(25-11-17(15)24)29-21(32)28-14-4-3-13(7-14)27-20(31)23(33)5-6-23/h8,10-11,13-14,33H,3-7,9,12H2,1-2H3,(H,27,31)(H2,25,28,29,32)/t13-,14-/m1/s1. The molecule has 10 heteroatoms. The summed E-state index contributed by atoms with van der Waals surface area (Å²) in [6.45, 7) is 5.29. The number of fused-ring (bicyclic) bond motifs is 1. The van der Waals surface area contributed by atoms with Crippen LogP contribution in [0.3, 0.4) is 0 Å². The molecule has 2 aliphatic carbocycles. The molecule has 3 heterocycles. The van der Waals surface area contributed by atoms with E-state index in [9.17, 15) is 14.7 Å². The van der Waals surface area contributed by atoms with Crippen molar-refractivity contribution >= 4 is 29.4 Å². The number of nitrogens with one attached hydrogen (secondary N) is 3. The van der Waals surface area contributed by atoms with Crippen molar-refractivity contribution in [2.24, 2.45) is 5.41 Å². The Labute approximate surface area is 197 Å². The lowest BCUT2D eigenvalue weighted by Gasteiger charge is -2.17. The van der Waals surface area contributed by atoms with Gasteiger partial charge in [-0.05, 0) is 50.0 Å². The molecule has 3 aliphatic rings. The van der Waals surface area contributed by atoms with Crippen LogP contribution < -0.4 is 16.0 Å². The van der Waals surface area contributed by atoms with Crippen LogP contribution in [0.1, 0.15) is 51.6 Å². The monoisotopic (exact) mass is 472 g/mol. The molecule has 176 valence electrons. The van der Waals surface area contributed by atoms with Crippen molar-refractivity contribution in [2.75, 3.05) is 5.32 Å². The van der Waals surface area contributed by atoms with Gasteiger partial charge in [0.25, 0.3) is 5.91 Å². The minimum absolute atomic E-state index is 0.0404. The molecule has 0 radical (unpaired) electrons. The fourth-order valence-corrected chi connectivity index (χ4v) is 5.04. The molecule has 33 heavy (non-hydrogen) atoms. The first kappa shape index (κ1) is 22.2. The topological polar surface area (TPSA) is 121 Å². The third-order valence-corrected chi connectivity index (χ3v) is 7.11. The van der Waals surface area contributed by atoms with E-state index in [1.54, 1.807) is 12.3 Å². The number of hydrogen-bond donors (Lipinski definition) is 4. The molecule has 2 aromatic heterocycles. The minimum Gasteiger partial charge on any atom is -0.380 e. The quantitative estimate of drug-likeness (QED) is 0.533. The molecule has 2 atom stereocenters. The van der Waals surface area contributed by atoms with Crippen LogP contribution in [0, 0.1) is 5.41 Å². The molecule has 5 rings (SSSR count). The lowest BCUT2D eigenvalue weighted by molar-refractivity contribution is -0.132. The molecule has 4 N–H and O–H groups in total. The van der Waals surface area contributed by atoms with Gasteiger partial charge in [0.2, 0.25) is 0 Å². The van der Waals surface area contributed by atoms with E-state index in [1.165, 1.54) is 0 Å². The molecule has 2 saturated carbocycles. The number of carbonyl (C=O) groups excluding carboxylic acids is 2. The van der Waals surface area contributed by atoms with Crippen LogP contribution in [0.4, 0.5) is 10.6 Å². The van der Waals surface area contributed by atoms with Crippen molar-refractivity contribution in [1.82, 2.24) is 25.4 Å². The van der Waals surface area contributed by atoms with Crippen LogP contribution in [-0.2, 0) is 17.8 Å². The third kappa shape index (κ3) is 4.56. The average molecular weight is 473 g/mol. The lowest BCUT2D eigenvalue weighted by Crippen LogP contribution is -2.43. The Morgan fingerprint density at radius 1 is 1.15 bits per heavy atom. The average Bonchev–Trinajstić information content (AvgIpc) is 3.03. The molecule has 3 amide bonds. The number of carbonyl (C=O) groups is 2. The Balaban J connectivity index is 1.20. The summed E-state index contributed by atoms with van der Waals surface area (Å²) < 4.78 is 2.02. The van der Waals surface area contributed by atoms with Crippen molar-refractivity contribution < 1.29 is 14.7 Å². The summed E-state index contributed by atoms with van der Waals surface area (Å²) in [6.07, 6.45) is 7.46. The Kier molecular flexibility index (Phi) is 5.36. The van der Waals surface area contributed by atoms with Gasteiger partial charge in [-0.15, -0.1) is 0 Å². The zero-order valence-electron chi connectivity index (χ0n) is 18.8. The number of halogens is 1. The largest absolute Gasteiger partial charge is 0.380 e. The number of nitrogens with zero attached hydrogens (tertiary/aromatic N) is 3. The fraction of sp³-hybridized carbons (Fsp3) is 0.565. The molecule has 0 bridgehead atoms. The van der Waals surface area contributed by atoms with Crippen molar-refractivity contribution in [1.29, 1.82) is 0 Å². The maximum Gasteiger partial charge on any atom is 0.320 e. The maximum atomic E-state index is 12.6. The summed E-state index contributed by atoms with van der Waals surface area (Å²) >= 11 is 6.45. The van der Waals surface area contributed by atoms with Gasteiger partial charge in [0.1, 0.15) is 11.4 Å². The van der Waals surface area contributed by atoms with E-state index >= 15 is 0 Å². The summed E-state index contributed by atoms with van der Waals surface area (Å²) in [5.74, 6) is 0.105. The van der Waals surface area contributed by atoms with E-state index in [0.717, 1.165) is 42.6 Å². The highest BCUT2D eigenvalue weighted by Crippen LogP contribution is 2.39. The van der Waals surface area contributed by atoms with E-state index in [-0.39, 0.29) is 29.4 Å². The normalized spacial score (nSPS) is 24.2. The van der Waals surface area contributed by atoms with Gasteiger partial charge in [0, 0.05) is 41.6 Å². The number of rotatable bonds is 5. The molecule has 9 nitrogen and oxygen atoms in total. The smallest absolute Gasteiger partial charge is 0.320 e. The number of urea groups is 1. The van der Waals surface area contributed by atoms with Gasteiger partial charge >= 0.3 is 6.03 Å². The summed E-state index contributed by atoms with van der Waals surface area (Å²) in [4.78, 5) is 28.9. The maximum absolute atomic E-state index is 12.6. The summed E-state index contributed by atoms with van der Waals surface area (Å²) in [7, 11) is 0. The van der Waals surface area contributed by atoms with Crippen molar-refractivity contribution in [3.05, 3.63) is 29.2 Å². The highest BCUT2D eigenvalue weighted by atomic mass is 35.5. The molecule has 1 aliphatic heterocycles. The molecular weight excluding hydrogens is 444 g/mol. The van der Waals surface area contributed by atoms with Gasteiger partial charge in [0.15, 0.2) is 0 Å². The SMILES string of the molecule is CC1(C)Cc2c(-c3cc(NC(=O)N[C@@H]4CC[C@@H](NC(=O)C5(O)CC5)C4)ncc3Cl)cnn2C1. The summed E-state index contributed by atoms with van der Waals surface area (Å²) in [5, 5.41) is 23.6. The number of amides is 3. The zero-order chi connectivity index (χ0) is 23.4. The van der Waals surface area contributed by atoms with E-state index in [1.807, 2.05) is 10.9 Å². The second-order valence-electron chi connectivity index (χ2n) is 10.4. The van der Waals surface area contributed by atoms with E-state index in [0.29, 0.717) is 30.1 Å². The molecule has 0 unspecified atom stereocenters. The predicted molar refractivity (Wildman–Crippen MR) is 124 cm³/mol. The highest BCUT2D eigenvalue weighted by Gasteiger charge is 2.48. The van der Waals surface area contributed by atoms with E-state index in [4.69, 9.17) is 11.6 Å². The van der Waals surface area contributed by atoms with E-state index < -0.39 is 5.60 Å². The Bertz CT molecular complexity index is 1110. The molecule has 0 saturated heterocycles. The van der Waals surface area contributed by atoms with Crippen molar-refractivity contribution in [2.45, 2.75) is 76.6 Å². The van der Waals surface area contributed by atoms with Crippen molar-refractivity contribution in [3.63, 3.8) is 0 Å². The van der Waals surface area contributed by atoms with Gasteiger partial charge in [0.05, 0.1) is 11.2 Å². The number of aliphatic hydroxyl groups is 1. The van der Waals surface area contributed by atoms with Crippen LogP contribution in [0.5, 0.6) is 0 Å². The van der Waals surface area contributed by atoms with Crippen LogP contribution in [0.2, 0.25) is 5.02 Å². The molecule has 2 aromatic rings. The predicted octanol–water partition coefficient (Wildman–Crippen LogP) is 2.86. The first-order valence-corrected chi connectivity index (χ1v) is 11.8. The third-order valence-electron chi connectivity index (χ3n) is 6.81. The second-order valence-corrected chi connectivity index (χ2v) is 10.8. The lowest BCUT2D eigenvalue weighted by atomic mass is 9.89. The highest BCUT2D eigenvalue weighted by molar-refractivity contribution is 6.33. The zero-order valence-corrected chi connectivity index (χ0v) is 19.6. The Morgan fingerprint density at radius 3 is 2.61 bits per heavy atom. The number of aromatic nitrogens is 3. The molecule has 0 spiro atoms. The Hall–Kier alpha value is -2.65. The van der Waals surface area contributed by atoms with Gasteiger partial charge in [-0.1, -0.05) is 25.4 Å². The summed E-state index contributed by atoms with van der Waals surface area (Å²) in [5.41, 5.74) is 1.87.